The highest BCUT2D eigenvalue weighted by atomic mass is 16.4. The van der Waals surface area contributed by atoms with Gasteiger partial charge >= 0.3 is 5.97 Å². The van der Waals surface area contributed by atoms with Gasteiger partial charge in [0.25, 0.3) is 5.91 Å². The van der Waals surface area contributed by atoms with E-state index < -0.39 is 17.9 Å². The van der Waals surface area contributed by atoms with E-state index in [0.29, 0.717) is 6.42 Å². The van der Waals surface area contributed by atoms with Crippen molar-refractivity contribution in [3.8, 4) is 11.8 Å². The number of unbranched alkanes of at least 4 members (excludes halogenated alkanes) is 3. The maximum absolute atomic E-state index is 11.3. The fraction of sp³-hybridized carbons (Fsp3) is 0.692. The van der Waals surface area contributed by atoms with Crippen LogP contribution in [0.15, 0.2) is 0 Å². The number of carbonyl (C=O) groups excluding carboxylic acids is 1. The summed E-state index contributed by atoms with van der Waals surface area (Å²) in [7, 11) is 0. The second-order valence-corrected chi connectivity index (χ2v) is 4.29. The molecule has 0 aromatic heterocycles. The molecule has 0 aliphatic heterocycles. The number of hydrogen-bond donors (Lipinski definition) is 2. The highest BCUT2D eigenvalue weighted by molar-refractivity contribution is 5.96. The van der Waals surface area contributed by atoms with Crippen LogP contribution in [0.5, 0.6) is 0 Å². The Bertz CT molecular complexity index is 312. The molecule has 0 aliphatic carbocycles. The zero-order valence-electron chi connectivity index (χ0n) is 10.7. The summed E-state index contributed by atoms with van der Waals surface area (Å²) in [6, 6.07) is -0.868. The van der Waals surface area contributed by atoms with Crippen LogP contribution in [0, 0.1) is 17.8 Å². The Morgan fingerprint density at radius 1 is 1.29 bits per heavy atom. The van der Waals surface area contributed by atoms with Crippen LogP contribution in [0.3, 0.4) is 0 Å². The van der Waals surface area contributed by atoms with Gasteiger partial charge in [-0.3, -0.25) is 4.79 Å². The molecule has 0 saturated heterocycles. The molecule has 17 heavy (non-hydrogen) atoms. The molecule has 0 rings (SSSR count). The topological polar surface area (TPSA) is 66.4 Å². The lowest BCUT2D eigenvalue weighted by atomic mass is 10.1. The Labute approximate surface area is 103 Å². The predicted molar refractivity (Wildman–Crippen MR) is 66.3 cm³/mol. The van der Waals surface area contributed by atoms with Crippen molar-refractivity contribution in [1.29, 1.82) is 0 Å². The third-order valence-electron chi connectivity index (χ3n) is 2.33. The van der Waals surface area contributed by atoms with Crippen LogP contribution in [-0.2, 0) is 9.59 Å². The van der Waals surface area contributed by atoms with E-state index in [9.17, 15) is 9.59 Å². The Morgan fingerprint density at radius 2 is 1.94 bits per heavy atom. The van der Waals surface area contributed by atoms with Gasteiger partial charge in [-0.05, 0) is 18.3 Å². The number of carboxylic acid groups (broad SMARTS) is 1. The Morgan fingerprint density at radius 3 is 2.41 bits per heavy atom. The van der Waals surface area contributed by atoms with Crippen LogP contribution in [0.1, 0.15) is 46.5 Å². The molecule has 0 heterocycles. The van der Waals surface area contributed by atoms with Crippen LogP contribution in [-0.4, -0.2) is 23.0 Å². The molecule has 1 amide bonds. The van der Waals surface area contributed by atoms with Gasteiger partial charge in [0, 0.05) is 6.42 Å². The van der Waals surface area contributed by atoms with E-state index in [2.05, 4.69) is 24.1 Å². The van der Waals surface area contributed by atoms with Gasteiger partial charge in [0.2, 0.25) is 0 Å². The molecule has 0 spiro atoms. The van der Waals surface area contributed by atoms with Crippen LogP contribution in [0.2, 0.25) is 0 Å². The summed E-state index contributed by atoms with van der Waals surface area (Å²) in [6.07, 6.45) is 3.87. The molecular weight excluding hydrogens is 218 g/mol. The molecule has 0 aromatic rings. The lowest BCUT2D eigenvalue weighted by molar-refractivity contribution is -0.142. The van der Waals surface area contributed by atoms with Crippen molar-refractivity contribution in [3.05, 3.63) is 0 Å². The van der Waals surface area contributed by atoms with Crippen LogP contribution < -0.4 is 5.32 Å². The number of nitrogens with one attached hydrogen (secondary N) is 1. The predicted octanol–water partition coefficient (Wildman–Crippen LogP) is 1.80. The highest BCUT2D eigenvalue weighted by Crippen LogP contribution is 2.01. The lowest BCUT2D eigenvalue weighted by Gasteiger charge is -2.15. The first-order chi connectivity index (χ1) is 7.99. The number of aliphatic carboxylic acids is 1. The van der Waals surface area contributed by atoms with Crippen molar-refractivity contribution in [2.75, 3.05) is 0 Å². The van der Waals surface area contributed by atoms with E-state index in [-0.39, 0.29) is 5.92 Å². The summed E-state index contributed by atoms with van der Waals surface area (Å²) >= 11 is 0. The van der Waals surface area contributed by atoms with Crippen molar-refractivity contribution in [1.82, 2.24) is 5.32 Å². The van der Waals surface area contributed by atoms with E-state index in [1.54, 1.807) is 13.8 Å². The summed E-state index contributed by atoms with van der Waals surface area (Å²) in [5, 5.41) is 11.3. The second kappa shape index (κ2) is 8.63. The molecule has 1 atom stereocenters. The SMILES string of the molecule is CCCCCC#CC(=O)N[C@H](C(=O)O)C(C)C. The second-order valence-electron chi connectivity index (χ2n) is 4.29. The normalized spacial score (nSPS) is 11.5. The molecule has 2 N–H and O–H groups in total. The van der Waals surface area contributed by atoms with Gasteiger partial charge < -0.3 is 10.4 Å². The summed E-state index contributed by atoms with van der Waals surface area (Å²) in [6.45, 7) is 5.59. The summed E-state index contributed by atoms with van der Waals surface area (Å²) in [4.78, 5) is 22.2. The monoisotopic (exact) mass is 239 g/mol. The number of rotatable bonds is 6. The molecule has 96 valence electrons. The molecule has 0 fully saturated rings. The molecule has 4 nitrogen and oxygen atoms in total. The Kier molecular flexibility index (Phi) is 7.87. The zero-order chi connectivity index (χ0) is 13.3. The fourth-order valence-electron chi connectivity index (χ4n) is 1.30. The Balaban J connectivity index is 4.10. The minimum atomic E-state index is -1.03. The molecule has 4 heteroatoms. The molecule has 0 bridgehead atoms. The third-order valence-corrected chi connectivity index (χ3v) is 2.33. The van der Waals surface area contributed by atoms with Gasteiger partial charge in [-0.1, -0.05) is 39.5 Å². The molecule has 0 aliphatic rings. The molecule has 0 saturated carbocycles. The van der Waals surface area contributed by atoms with Gasteiger partial charge in [0.05, 0.1) is 0 Å². The quantitative estimate of drug-likeness (QED) is 0.548. The van der Waals surface area contributed by atoms with Crippen molar-refractivity contribution in [3.63, 3.8) is 0 Å². The molecular formula is C13H21NO3. The van der Waals surface area contributed by atoms with Gasteiger partial charge in [-0.15, -0.1) is 0 Å². The smallest absolute Gasteiger partial charge is 0.326 e. The number of amides is 1. The number of hydrogen-bond acceptors (Lipinski definition) is 2. The maximum Gasteiger partial charge on any atom is 0.326 e. The van der Waals surface area contributed by atoms with E-state index in [4.69, 9.17) is 5.11 Å². The largest absolute Gasteiger partial charge is 0.480 e. The molecule has 0 aromatic carbocycles. The van der Waals surface area contributed by atoms with E-state index >= 15 is 0 Å². The number of carboxylic acids is 1. The van der Waals surface area contributed by atoms with Gasteiger partial charge in [0.15, 0.2) is 0 Å². The molecule has 0 unspecified atom stereocenters. The third kappa shape index (κ3) is 7.40. The zero-order valence-corrected chi connectivity index (χ0v) is 10.7. The minimum absolute atomic E-state index is 0.154. The van der Waals surface area contributed by atoms with Crippen molar-refractivity contribution < 1.29 is 14.7 Å². The summed E-state index contributed by atoms with van der Waals surface area (Å²) in [5.41, 5.74) is 0. The van der Waals surface area contributed by atoms with E-state index in [1.807, 2.05) is 0 Å². The summed E-state index contributed by atoms with van der Waals surface area (Å²) < 4.78 is 0. The van der Waals surface area contributed by atoms with Crippen LogP contribution in [0.4, 0.5) is 0 Å². The average Bonchev–Trinajstić information content (AvgIpc) is 2.24. The number of carbonyl (C=O) groups is 2. The van der Waals surface area contributed by atoms with Gasteiger partial charge in [-0.2, -0.15) is 0 Å². The van der Waals surface area contributed by atoms with Crippen LogP contribution >= 0.6 is 0 Å². The first-order valence-corrected chi connectivity index (χ1v) is 6.01. The van der Waals surface area contributed by atoms with Gasteiger partial charge in [0.1, 0.15) is 6.04 Å². The minimum Gasteiger partial charge on any atom is -0.480 e. The lowest BCUT2D eigenvalue weighted by Crippen LogP contribution is -2.43. The Hall–Kier alpha value is -1.50. The first-order valence-electron chi connectivity index (χ1n) is 6.01. The summed E-state index contributed by atoms with van der Waals surface area (Å²) in [5.74, 6) is 3.47. The van der Waals surface area contributed by atoms with Crippen molar-refractivity contribution in [2.24, 2.45) is 5.92 Å². The highest BCUT2D eigenvalue weighted by Gasteiger charge is 2.22. The van der Waals surface area contributed by atoms with Crippen LogP contribution in [0.25, 0.3) is 0 Å². The maximum atomic E-state index is 11.3. The first kappa shape index (κ1) is 15.5. The van der Waals surface area contributed by atoms with E-state index in [0.717, 1.165) is 19.3 Å². The van der Waals surface area contributed by atoms with Crippen molar-refractivity contribution >= 4 is 11.9 Å². The standard InChI is InChI=1S/C13H21NO3/c1-4-5-6-7-8-9-11(15)14-12(10(2)3)13(16)17/h10,12H,4-7H2,1-3H3,(H,14,15)(H,16,17)/t12-/m0/s1. The van der Waals surface area contributed by atoms with E-state index in [1.165, 1.54) is 0 Å². The average molecular weight is 239 g/mol. The van der Waals surface area contributed by atoms with Gasteiger partial charge in [-0.25, -0.2) is 4.79 Å². The fourth-order valence-corrected chi connectivity index (χ4v) is 1.30. The molecule has 0 radical (unpaired) electrons. The van der Waals surface area contributed by atoms with Crippen molar-refractivity contribution in [2.45, 2.75) is 52.5 Å².